The first kappa shape index (κ1) is 24.7. The van der Waals surface area contributed by atoms with E-state index in [0.717, 1.165) is 5.56 Å². The maximum atomic E-state index is 12.1. The number of nitrogens with one attached hydrogen (secondary N) is 3. The molecule has 2 aromatic carbocycles. The summed E-state index contributed by atoms with van der Waals surface area (Å²) in [7, 11) is 1.38. The predicted octanol–water partition coefficient (Wildman–Crippen LogP) is 4.51. The number of ether oxygens (including phenoxy) is 2. The molecule has 166 valence electrons. The number of carbonyl (C=O) groups excluding carboxylic acids is 1. The smallest absolute Gasteiger partial charge is 0.409 e. The molecule has 0 heterocycles. The molecule has 13 heteroatoms. The highest BCUT2D eigenvalue weighted by Crippen LogP contribution is 2.31. The predicted molar refractivity (Wildman–Crippen MR) is 123 cm³/mol. The second kappa shape index (κ2) is 11.2. The molecule has 2 aromatic rings. The number of methoxy groups -OCH3 is 1. The molecule has 1 atom stereocenters. The van der Waals surface area contributed by atoms with E-state index < -0.39 is 21.0 Å². The fraction of sp³-hybridized carbons (Fsp3) is 0.222. The number of alkyl carbamates (subject to hydrolysis) is 1. The molecule has 0 bridgehead atoms. The third-order valence-electron chi connectivity index (χ3n) is 3.73. The van der Waals surface area contributed by atoms with E-state index in [2.05, 4.69) is 16.0 Å². The number of hydrogen-bond acceptors (Lipinski definition) is 6. The van der Waals surface area contributed by atoms with Crippen LogP contribution in [-0.2, 0) is 11.3 Å². The van der Waals surface area contributed by atoms with Gasteiger partial charge in [0.1, 0.15) is 18.0 Å². The summed E-state index contributed by atoms with van der Waals surface area (Å²) in [4.78, 5) is 22.8. The highest BCUT2D eigenvalue weighted by Gasteiger charge is 2.35. The third-order valence-corrected chi connectivity index (χ3v) is 4.60. The molecule has 0 unspecified atom stereocenters. The monoisotopic (exact) mass is 506 g/mol. The highest BCUT2D eigenvalue weighted by atomic mass is 35.6. The third kappa shape index (κ3) is 7.91. The first-order chi connectivity index (χ1) is 14.6. The average Bonchev–Trinajstić information content (AvgIpc) is 2.72. The molecular formula is C18H17Cl3N4O5S. The summed E-state index contributed by atoms with van der Waals surface area (Å²) < 4.78 is 8.05. The van der Waals surface area contributed by atoms with Crippen molar-refractivity contribution in [1.82, 2.24) is 10.6 Å². The minimum absolute atomic E-state index is 0.0000100. The Morgan fingerprint density at radius 1 is 1.19 bits per heavy atom. The number of alkyl halides is 3. The summed E-state index contributed by atoms with van der Waals surface area (Å²) >= 11 is 22.9. The first-order valence-corrected chi connectivity index (χ1v) is 10.1. The Bertz CT molecular complexity index is 944. The van der Waals surface area contributed by atoms with Gasteiger partial charge in [0.25, 0.3) is 5.69 Å². The van der Waals surface area contributed by atoms with E-state index >= 15 is 0 Å². The molecule has 0 aromatic heterocycles. The van der Waals surface area contributed by atoms with Crippen molar-refractivity contribution in [3.8, 4) is 5.75 Å². The number of benzene rings is 2. The maximum absolute atomic E-state index is 12.1. The largest absolute Gasteiger partial charge is 0.496 e. The van der Waals surface area contributed by atoms with Crippen LogP contribution < -0.4 is 20.7 Å². The van der Waals surface area contributed by atoms with Gasteiger partial charge in [-0.3, -0.25) is 15.4 Å². The molecule has 0 saturated carbocycles. The lowest BCUT2D eigenvalue weighted by atomic mass is 10.2. The van der Waals surface area contributed by atoms with Gasteiger partial charge in [-0.25, -0.2) is 4.79 Å². The van der Waals surface area contributed by atoms with Crippen LogP contribution >= 0.6 is 47.0 Å². The van der Waals surface area contributed by atoms with Crippen molar-refractivity contribution in [2.45, 2.75) is 16.6 Å². The van der Waals surface area contributed by atoms with Crippen molar-refractivity contribution < 1.29 is 19.2 Å². The Balaban J connectivity index is 2.03. The molecule has 0 aliphatic carbocycles. The molecule has 0 radical (unpaired) electrons. The minimum atomic E-state index is -2.02. The Hall–Kier alpha value is -2.53. The Kier molecular flexibility index (Phi) is 8.93. The van der Waals surface area contributed by atoms with E-state index in [4.69, 9.17) is 56.5 Å². The lowest BCUT2D eigenvalue weighted by molar-refractivity contribution is -0.384. The van der Waals surface area contributed by atoms with Gasteiger partial charge in [-0.1, -0.05) is 65.1 Å². The lowest BCUT2D eigenvalue weighted by Gasteiger charge is -2.27. The fourth-order valence-electron chi connectivity index (χ4n) is 2.27. The van der Waals surface area contributed by atoms with E-state index in [0.29, 0.717) is 0 Å². The van der Waals surface area contributed by atoms with Crippen LogP contribution in [-0.4, -0.2) is 33.2 Å². The number of nitro benzene ring substituents is 1. The molecule has 31 heavy (non-hydrogen) atoms. The standard InChI is InChI=1S/C18H17Cl3N4O5S/c1-29-12-7-8-13(14(9-12)25(27)28)22-16(31)23-15(18(19,20)21)24-17(26)30-10-11-5-3-2-4-6-11/h2-9,15H,10H2,1H3,(H,24,26)(H2,22,23,31)/t15-/m0/s1. The van der Waals surface area contributed by atoms with E-state index in [1.165, 1.54) is 25.3 Å². The van der Waals surface area contributed by atoms with Crippen molar-refractivity contribution in [1.29, 1.82) is 0 Å². The van der Waals surface area contributed by atoms with Crippen molar-refractivity contribution >= 4 is 69.6 Å². The highest BCUT2D eigenvalue weighted by molar-refractivity contribution is 7.80. The van der Waals surface area contributed by atoms with Gasteiger partial charge in [0, 0.05) is 0 Å². The number of nitro groups is 1. The van der Waals surface area contributed by atoms with Crippen molar-refractivity contribution in [2.75, 3.05) is 12.4 Å². The molecule has 0 aliphatic heterocycles. The van der Waals surface area contributed by atoms with Crippen LogP contribution in [0.25, 0.3) is 0 Å². The fourth-order valence-corrected chi connectivity index (χ4v) is 2.82. The Morgan fingerprint density at radius 2 is 1.87 bits per heavy atom. The van der Waals surface area contributed by atoms with Crippen LogP contribution in [0, 0.1) is 10.1 Å². The first-order valence-electron chi connectivity index (χ1n) is 8.54. The zero-order valence-corrected chi connectivity index (χ0v) is 19.0. The van der Waals surface area contributed by atoms with Crippen LogP contribution in [0.3, 0.4) is 0 Å². The van der Waals surface area contributed by atoms with E-state index in [-0.39, 0.29) is 28.8 Å². The number of thiocarbonyl (C=S) groups is 1. The number of halogens is 3. The zero-order chi connectivity index (χ0) is 23.0. The molecule has 3 N–H and O–H groups in total. The van der Waals surface area contributed by atoms with Gasteiger partial charge in [-0.15, -0.1) is 0 Å². The maximum Gasteiger partial charge on any atom is 0.409 e. The minimum Gasteiger partial charge on any atom is -0.496 e. The second-order valence-corrected chi connectivity index (χ2v) is 8.70. The van der Waals surface area contributed by atoms with Gasteiger partial charge in [0.2, 0.25) is 3.79 Å². The lowest BCUT2D eigenvalue weighted by Crippen LogP contribution is -2.56. The second-order valence-electron chi connectivity index (χ2n) is 5.92. The summed E-state index contributed by atoms with van der Waals surface area (Å²) in [6.45, 7) is -0.0000100. The molecule has 9 nitrogen and oxygen atoms in total. The summed E-state index contributed by atoms with van der Waals surface area (Å²) in [6.07, 6.45) is -2.18. The summed E-state index contributed by atoms with van der Waals surface area (Å²) in [5.41, 5.74) is 0.544. The number of anilines is 1. The van der Waals surface area contributed by atoms with Crippen molar-refractivity contribution in [2.24, 2.45) is 0 Å². The van der Waals surface area contributed by atoms with Gasteiger partial charge in [-0.05, 0) is 29.9 Å². The number of hydrogen-bond donors (Lipinski definition) is 3. The summed E-state index contributed by atoms with van der Waals surface area (Å²) in [5.74, 6) is 0.290. The van der Waals surface area contributed by atoms with E-state index in [9.17, 15) is 14.9 Å². The van der Waals surface area contributed by atoms with Gasteiger partial charge < -0.3 is 20.1 Å². The molecule has 2 rings (SSSR count). The Morgan fingerprint density at radius 3 is 2.45 bits per heavy atom. The normalized spacial score (nSPS) is 11.7. The quantitative estimate of drug-likeness (QED) is 0.165. The molecule has 0 aliphatic rings. The number of nitrogens with zero attached hydrogens (tertiary/aromatic N) is 1. The van der Waals surface area contributed by atoms with Crippen LogP contribution in [0.15, 0.2) is 48.5 Å². The van der Waals surface area contributed by atoms with Crippen LogP contribution in [0.4, 0.5) is 16.2 Å². The average molecular weight is 508 g/mol. The topological polar surface area (TPSA) is 115 Å². The molecular weight excluding hydrogens is 491 g/mol. The Labute approximate surface area is 198 Å². The molecule has 0 spiro atoms. The van der Waals surface area contributed by atoms with Gasteiger partial charge in [0.05, 0.1) is 18.1 Å². The van der Waals surface area contributed by atoms with Gasteiger partial charge in [-0.2, -0.15) is 0 Å². The number of amides is 1. The molecule has 1 amide bonds. The zero-order valence-electron chi connectivity index (χ0n) is 15.9. The molecule has 0 saturated heterocycles. The van der Waals surface area contributed by atoms with E-state index in [1.54, 1.807) is 24.3 Å². The summed E-state index contributed by atoms with van der Waals surface area (Å²) in [6, 6.07) is 13.1. The SMILES string of the molecule is COc1ccc(NC(=S)N[C@@H](NC(=O)OCc2ccccc2)C(Cl)(Cl)Cl)c([N+](=O)[O-])c1. The number of carbonyl (C=O) groups is 1. The van der Waals surface area contributed by atoms with Gasteiger partial charge in [0.15, 0.2) is 11.3 Å². The van der Waals surface area contributed by atoms with E-state index in [1.807, 2.05) is 6.07 Å². The van der Waals surface area contributed by atoms with Crippen LogP contribution in [0.2, 0.25) is 0 Å². The summed E-state index contributed by atoms with van der Waals surface area (Å²) in [5, 5.41) is 18.7. The van der Waals surface area contributed by atoms with Crippen molar-refractivity contribution in [3.05, 3.63) is 64.2 Å². The van der Waals surface area contributed by atoms with Crippen LogP contribution in [0.1, 0.15) is 5.56 Å². The molecule has 0 fully saturated rings. The van der Waals surface area contributed by atoms with Crippen LogP contribution in [0.5, 0.6) is 5.75 Å². The number of rotatable bonds is 7. The van der Waals surface area contributed by atoms with Crippen molar-refractivity contribution in [3.63, 3.8) is 0 Å². The van der Waals surface area contributed by atoms with Gasteiger partial charge >= 0.3 is 6.09 Å².